The molecule has 0 atom stereocenters. The second-order valence-electron chi connectivity index (χ2n) is 4.05. The molecule has 1 aromatic rings. The lowest BCUT2D eigenvalue weighted by atomic mass is 10.1. The van der Waals surface area contributed by atoms with Crippen LogP contribution in [0.2, 0.25) is 0 Å². The molecule has 2 rings (SSSR count). The Morgan fingerprint density at radius 3 is 2.39 bits per heavy atom. The molecule has 0 bridgehead atoms. The average Bonchev–Trinajstić information content (AvgIpc) is 2.33. The lowest BCUT2D eigenvalue weighted by Crippen LogP contribution is -2.39. The van der Waals surface area contributed by atoms with E-state index in [-0.39, 0.29) is 41.2 Å². The summed E-state index contributed by atoms with van der Waals surface area (Å²) in [6.45, 7) is -0.352. The second-order valence-corrected chi connectivity index (χ2v) is 4.90. The largest absolute Gasteiger partial charge is 0.278 e. The Kier molecular flexibility index (Phi) is 3.75. The van der Waals surface area contributed by atoms with Crippen LogP contribution in [-0.2, 0) is 16.1 Å². The average molecular weight is 318 g/mol. The monoisotopic (exact) mass is 317 g/mol. The first-order valence-corrected chi connectivity index (χ1v) is 6.25. The van der Waals surface area contributed by atoms with Gasteiger partial charge >= 0.3 is 0 Å². The number of nitrogens with zero attached hydrogens (tertiary/aromatic N) is 1. The first-order chi connectivity index (χ1) is 8.50. The first kappa shape index (κ1) is 13.1. The summed E-state index contributed by atoms with van der Waals surface area (Å²) < 4.78 is 27.4. The van der Waals surface area contributed by atoms with Crippen LogP contribution in [0.15, 0.2) is 16.6 Å². The molecule has 6 heteroatoms. The number of hydrogen-bond donors (Lipinski definition) is 0. The number of piperidine rings is 1. The van der Waals surface area contributed by atoms with E-state index in [0.717, 1.165) is 11.0 Å². The van der Waals surface area contributed by atoms with Gasteiger partial charge in [-0.05, 0) is 34.5 Å². The van der Waals surface area contributed by atoms with Crippen molar-refractivity contribution >= 4 is 27.7 Å². The van der Waals surface area contributed by atoms with Crippen LogP contribution in [0.4, 0.5) is 8.78 Å². The summed E-state index contributed by atoms with van der Waals surface area (Å²) in [4.78, 5) is 24.0. The van der Waals surface area contributed by atoms with Crippen molar-refractivity contribution in [3.63, 3.8) is 0 Å². The van der Waals surface area contributed by atoms with E-state index in [2.05, 4.69) is 15.9 Å². The maximum absolute atomic E-state index is 13.7. The highest BCUT2D eigenvalue weighted by Gasteiger charge is 2.28. The van der Waals surface area contributed by atoms with Crippen LogP contribution in [0.25, 0.3) is 0 Å². The third-order valence-electron chi connectivity index (χ3n) is 2.84. The highest BCUT2D eigenvalue weighted by molar-refractivity contribution is 9.10. The molecule has 1 aliphatic rings. The summed E-state index contributed by atoms with van der Waals surface area (Å²) in [5, 5.41) is 0. The van der Waals surface area contributed by atoms with Crippen LogP contribution in [-0.4, -0.2) is 16.7 Å². The summed E-state index contributed by atoms with van der Waals surface area (Å²) in [5.74, 6) is -2.31. The Balaban J connectivity index is 2.31. The van der Waals surface area contributed by atoms with Crippen molar-refractivity contribution in [1.29, 1.82) is 0 Å². The fraction of sp³-hybridized carbons (Fsp3) is 0.333. The number of hydrogen-bond acceptors (Lipinski definition) is 2. The summed E-state index contributed by atoms with van der Waals surface area (Å²) >= 11 is 2.95. The third kappa shape index (κ3) is 2.43. The second kappa shape index (κ2) is 5.14. The van der Waals surface area contributed by atoms with Gasteiger partial charge in [0.25, 0.3) is 0 Å². The number of likely N-dealkylation sites (tertiary alicyclic amines) is 1. The molecule has 0 aliphatic carbocycles. The van der Waals surface area contributed by atoms with E-state index < -0.39 is 11.6 Å². The zero-order valence-corrected chi connectivity index (χ0v) is 11.0. The first-order valence-electron chi connectivity index (χ1n) is 5.46. The number of benzene rings is 1. The molecule has 0 aromatic heterocycles. The number of imide groups is 1. The molecule has 1 aliphatic heterocycles. The zero-order valence-electron chi connectivity index (χ0n) is 9.38. The minimum atomic E-state index is -0.777. The molecule has 2 amide bonds. The van der Waals surface area contributed by atoms with Gasteiger partial charge in [0, 0.05) is 18.4 Å². The van der Waals surface area contributed by atoms with E-state index >= 15 is 0 Å². The lowest BCUT2D eigenvalue weighted by Gasteiger charge is -2.25. The minimum absolute atomic E-state index is 0.107. The normalized spacial score (nSPS) is 16.3. The van der Waals surface area contributed by atoms with Crippen LogP contribution >= 0.6 is 15.9 Å². The van der Waals surface area contributed by atoms with Gasteiger partial charge in [0.1, 0.15) is 11.6 Å². The molecule has 1 saturated heterocycles. The molecule has 1 fully saturated rings. The number of carbonyl (C=O) groups is 2. The molecule has 1 heterocycles. The predicted molar refractivity (Wildman–Crippen MR) is 63.5 cm³/mol. The van der Waals surface area contributed by atoms with Crippen molar-refractivity contribution in [2.24, 2.45) is 0 Å². The lowest BCUT2D eigenvalue weighted by molar-refractivity contribution is -0.148. The van der Waals surface area contributed by atoms with E-state index in [1.54, 1.807) is 0 Å². The van der Waals surface area contributed by atoms with E-state index in [4.69, 9.17) is 0 Å². The smallest absolute Gasteiger partial charge is 0.229 e. The molecule has 96 valence electrons. The van der Waals surface area contributed by atoms with E-state index in [1.165, 1.54) is 6.07 Å². The van der Waals surface area contributed by atoms with Crippen molar-refractivity contribution < 1.29 is 18.4 Å². The van der Waals surface area contributed by atoms with Gasteiger partial charge < -0.3 is 0 Å². The molecule has 0 N–H and O–H groups in total. The van der Waals surface area contributed by atoms with Crippen molar-refractivity contribution in [2.75, 3.05) is 0 Å². The Labute approximate surface area is 111 Å². The van der Waals surface area contributed by atoms with E-state index in [1.807, 2.05) is 0 Å². The summed E-state index contributed by atoms with van der Waals surface area (Å²) in [6, 6.07) is 2.34. The number of carbonyl (C=O) groups excluding carboxylic acids is 2. The van der Waals surface area contributed by atoms with Gasteiger partial charge in [-0.15, -0.1) is 0 Å². The minimum Gasteiger partial charge on any atom is -0.278 e. The highest BCUT2D eigenvalue weighted by atomic mass is 79.9. The molecular formula is C12H10BrF2NO2. The quantitative estimate of drug-likeness (QED) is 0.621. The van der Waals surface area contributed by atoms with E-state index in [0.29, 0.717) is 6.42 Å². The van der Waals surface area contributed by atoms with Crippen LogP contribution in [0, 0.1) is 11.6 Å². The van der Waals surface area contributed by atoms with Gasteiger partial charge in [-0.25, -0.2) is 8.78 Å². The third-order valence-corrected chi connectivity index (χ3v) is 3.45. The Morgan fingerprint density at radius 2 is 1.78 bits per heavy atom. The van der Waals surface area contributed by atoms with Crippen LogP contribution in [0.1, 0.15) is 24.8 Å². The number of amides is 2. The Hall–Kier alpha value is -1.30. The molecule has 0 radical (unpaired) electrons. The molecule has 18 heavy (non-hydrogen) atoms. The molecule has 0 saturated carbocycles. The zero-order chi connectivity index (χ0) is 13.3. The summed E-state index contributed by atoms with van der Waals surface area (Å²) in [7, 11) is 0. The van der Waals surface area contributed by atoms with Gasteiger partial charge in [0.15, 0.2) is 0 Å². The van der Waals surface area contributed by atoms with Gasteiger partial charge in [-0.2, -0.15) is 0 Å². The van der Waals surface area contributed by atoms with Crippen molar-refractivity contribution in [3.05, 3.63) is 33.8 Å². The summed E-state index contributed by atoms with van der Waals surface area (Å²) in [6.07, 6.45) is 0.976. The molecule has 1 aromatic carbocycles. The van der Waals surface area contributed by atoms with Crippen LogP contribution in [0.3, 0.4) is 0 Å². The summed E-state index contributed by atoms with van der Waals surface area (Å²) in [5.41, 5.74) is -0.270. The molecule has 3 nitrogen and oxygen atoms in total. The van der Waals surface area contributed by atoms with Crippen LogP contribution in [0.5, 0.6) is 0 Å². The molecule has 0 unspecified atom stereocenters. The fourth-order valence-corrected chi connectivity index (χ4v) is 2.22. The van der Waals surface area contributed by atoms with Crippen molar-refractivity contribution in [1.82, 2.24) is 4.90 Å². The standard InChI is InChI=1S/C12H10BrF2NO2/c13-8-4-5-9(14)7(12(8)15)6-16-10(17)2-1-3-11(16)18/h4-5H,1-3,6H2. The van der Waals surface area contributed by atoms with Gasteiger partial charge in [0.05, 0.1) is 11.0 Å². The molecular weight excluding hydrogens is 308 g/mol. The van der Waals surface area contributed by atoms with Crippen molar-refractivity contribution in [2.45, 2.75) is 25.8 Å². The Bertz CT molecular complexity index is 503. The maximum Gasteiger partial charge on any atom is 0.229 e. The van der Waals surface area contributed by atoms with Gasteiger partial charge in [-0.1, -0.05) is 0 Å². The van der Waals surface area contributed by atoms with Crippen LogP contribution < -0.4 is 0 Å². The topological polar surface area (TPSA) is 37.4 Å². The van der Waals surface area contributed by atoms with Gasteiger partial charge in [0.2, 0.25) is 11.8 Å². The van der Waals surface area contributed by atoms with Crippen molar-refractivity contribution in [3.8, 4) is 0 Å². The van der Waals surface area contributed by atoms with Gasteiger partial charge in [-0.3, -0.25) is 14.5 Å². The number of rotatable bonds is 2. The Morgan fingerprint density at radius 1 is 1.17 bits per heavy atom. The fourth-order valence-electron chi connectivity index (χ4n) is 1.85. The molecule has 0 spiro atoms. The predicted octanol–water partition coefficient (Wildman–Crippen LogP) is 2.77. The van der Waals surface area contributed by atoms with E-state index in [9.17, 15) is 18.4 Å². The number of halogens is 3. The SMILES string of the molecule is O=C1CCCC(=O)N1Cc1c(F)ccc(Br)c1F. The maximum atomic E-state index is 13.7. The highest BCUT2D eigenvalue weighted by Crippen LogP contribution is 2.24.